The molecule has 0 bridgehead atoms. The third kappa shape index (κ3) is 17.5. The SMILES string of the molecule is C/C=C(/C)CCC(C)CCO.C/C=C(\C)CCC(C)CCO. The van der Waals surface area contributed by atoms with Gasteiger partial charge in [-0.1, -0.05) is 37.1 Å². The van der Waals surface area contributed by atoms with Crippen LogP contribution >= 0.6 is 0 Å². The average molecular weight is 313 g/mol. The zero-order valence-electron chi connectivity index (χ0n) is 15.9. The van der Waals surface area contributed by atoms with Gasteiger partial charge in [0.25, 0.3) is 0 Å². The van der Waals surface area contributed by atoms with E-state index in [0.717, 1.165) is 12.8 Å². The van der Waals surface area contributed by atoms with Gasteiger partial charge in [-0.25, -0.2) is 0 Å². The fraction of sp³-hybridized carbons (Fsp3) is 0.800. The van der Waals surface area contributed by atoms with E-state index in [-0.39, 0.29) is 0 Å². The monoisotopic (exact) mass is 312 g/mol. The average Bonchev–Trinajstić information content (AvgIpc) is 2.51. The summed E-state index contributed by atoms with van der Waals surface area (Å²) in [6, 6.07) is 0. The van der Waals surface area contributed by atoms with Gasteiger partial charge in [-0.05, 0) is 78.1 Å². The predicted octanol–water partition coefficient (Wildman–Crippen LogP) is 5.50. The van der Waals surface area contributed by atoms with E-state index < -0.39 is 0 Å². The molecule has 0 aromatic carbocycles. The normalized spacial score (nSPS) is 15.1. The molecule has 0 spiro atoms. The van der Waals surface area contributed by atoms with Gasteiger partial charge < -0.3 is 10.2 Å². The van der Waals surface area contributed by atoms with Gasteiger partial charge in [-0.15, -0.1) is 0 Å². The molecule has 0 saturated heterocycles. The highest BCUT2D eigenvalue weighted by molar-refractivity contribution is 4.95. The molecule has 2 heteroatoms. The molecule has 0 aliphatic heterocycles. The van der Waals surface area contributed by atoms with Crippen LogP contribution in [0, 0.1) is 11.8 Å². The maximum absolute atomic E-state index is 8.64. The second-order valence-corrected chi connectivity index (χ2v) is 6.58. The smallest absolute Gasteiger partial charge is 0.0433 e. The first kappa shape index (κ1) is 23.7. The van der Waals surface area contributed by atoms with E-state index in [9.17, 15) is 0 Å². The lowest BCUT2D eigenvalue weighted by atomic mass is 9.99. The highest BCUT2D eigenvalue weighted by Crippen LogP contribution is 2.14. The molecule has 132 valence electrons. The summed E-state index contributed by atoms with van der Waals surface area (Å²) in [5.74, 6) is 1.32. The van der Waals surface area contributed by atoms with Crippen LogP contribution in [0.4, 0.5) is 0 Å². The van der Waals surface area contributed by atoms with Crippen LogP contribution in [-0.4, -0.2) is 23.4 Å². The van der Waals surface area contributed by atoms with E-state index in [4.69, 9.17) is 10.2 Å². The number of hydrogen-bond donors (Lipinski definition) is 2. The van der Waals surface area contributed by atoms with Crippen molar-refractivity contribution in [3.05, 3.63) is 23.3 Å². The van der Waals surface area contributed by atoms with Crippen LogP contribution < -0.4 is 0 Å². The van der Waals surface area contributed by atoms with E-state index in [2.05, 4.69) is 53.7 Å². The Kier molecular flexibility index (Phi) is 18.0. The van der Waals surface area contributed by atoms with Crippen molar-refractivity contribution in [3.8, 4) is 0 Å². The Morgan fingerprint density at radius 3 is 1.27 bits per heavy atom. The molecule has 2 N–H and O–H groups in total. The highest BCUT2D eigenvalue weighted by Gasteiger charge is 2.01. The maximum atomic E-state index is 8.64. The Balaban J connectivity index is 0. The second kappa shape index (κ2) is 16.8. The minimum Gasteiger partial charge on any atom is -0.396 e. The van der Waals surface area contributed by atoms with Crippen LogP contribution in [-0.2, 0) is 0 Å². The first-order valence-corrected chi connectivity index (χ1v) is 8.86. The van der Waals surface area contributed by atoms with Crippen molar-refractivity contribution in [3.63, 3.8) is 0 Å². The van der Waals surface area contributed by atoms with E-state index >= 15 is 0 Å². The summed E-state index contributed by atoms with van der Waals surface area (Å²) in [7, 11) is 0. The van der Waals surface area contributed by atoms with Crippen molar-refractivity contribution in [1.82, 2.24) is 0 Å². The molecule has 0 aliphatic rings. The summed E-state index contributed by atoms with van der Waals surface area (Å²) in [6.07, 6.45) is 11.0. The summed E-state index contributed by atoms with van der Waals surface area (Å²) >= 11 is 0. The van der Waals surface area contributed by atoms with Crippen molar-refractivity contribution in [2.45, 2.75) is 80.1 Å². The van der Waals surface area contributed by atoms with Crippen LogP contribution in [0.15, 0.2) is 23.3 Å². The van der Waals surface area contributed by atoms with E-state index in [0.29, 0.717) is 25.0 Å². The van der Waals surface area contributed by atoms with Crippen molar-refractivity contribution in [2.24, 2.45) is 11.8 Å². The van der Waals surface area contributed by atoms with Crippen LogP contribution in [0.1, 0.15) is 80.1 Å². The zero-order chi connectivity index (χ0) is 17.4. The largest absolute Gasteiger partial charge is 0.396 e. The first-order valence-electron chi connectivity index (χ1n) is 8.86. The summed E-state index contributed by atoms with van der Waals surface area (Å²) in [5, 5.41) is 17.3. The van der Waals surface area contributed by atoms with Crippen LogP contribution in [0.25, 0.3) is 0 Å². The Morgan fingerprint density at radius 2 is 1.05 bits per heavy atom. The van der Waals surface area contributed by atoms with Crippen LogP contribution in [0.3, 0.4) is 0 Å². The quantitative estimate of drug-likeness (QED) is 0.523. The molecule has 0 saturated carbocycles. The lowest BCUT2D eigenvalue weighted by Crippen LogP contribution is -1.97. The number of rotatable bonds is 10. The van der Waals surface area contributed by atoms with Gasteiger partial charge >= 0.3 is 0 Å². The third-order valence-electron chi connectivity index (χ3n) is 4.29. The van der Waals surface area contributed by atoms with Gasteiger partial charge in [0, 0.05) is 13.2 Å². The molecule has 0 aliphatic carbocycles. The Bertz CT molecular complexity index is 262. The Labute approximate surface area is 139 Å². The molecule has 0 fully saturated rings. The lowest BCUT2D eigenvalue weighted by Gasteiger charge is -2.08. The summed E-state index contributed by atoms with van der Waals surface area (Å²) in [5.41, 5.74) is 2.91. The molecule has 2 atom stereocenters. The molecular formula is C20H40O2. The predicted molar refractivity (Wildman–Crippen MR) is 99.1 cm³/mol. The molecular weight excluding hydrogens is 272 g/mol. The molecule has 22 heavy (non-hydrogen) atoms. The van der Waals surface area contributed by atoms with Crippen molar-refractivity contribution < 1.29 is 10.2 Å². The van der Waals surface area contributed by atoms with E-state index in [1.807, 2.05) is 0 Å². The fourth-order valence-corrected chi connectivity index (χ4v) is 1.97. The molecule has 0 heterocycles. The standard InChI is InChI=1S/2C10H20O/c2*1-4-9(2)5-6-10(3)7-8-11/h2*4,10-11H,5-8H2,1-3H3/b9-4+;9-4-. The van der Waals surface area contributed by atoms with Gasteiger partial charge in [0.1, 0.15) is 0 Å². The lowest BCUT2D eigenvalue weighted by molar-refractivity contribution is 0.258. The van der Waals surface area contributed by atoms with E-state index in [1.165, 1.54) is 36.8 Å². The number of aliphatic hydroxyl groups is 2. The summed E-state index contributed by atoms with van der Waals surface area (Å²) < 4.78 is 0. The zero-order valence-corrected chi connectivity index (χ0v) is 15.9. The van der Waals surface area contributed by atoms with Crippen LogP contribution in [0.2, 0.25) is 0 Å². The van der Waals surface area contributed by atoms with Crippen molar-refractivity contribution in [2.75, 3.05) is 13.2 Å². The van der Waals surface area contributed by atoms with Gasteiger partial charge in [0.2, 0.25) is 0 Å². The molecule has 2 unspecified atom stereocenters. The maximum Gasteiger partial charge on any atom is 0.0433 e. The topological polar surface area (TPSA) is 40.5 Å². The minimum absolute atomic E-state index is 0.329. The highest BCUT2D eigenvalue weighted by atomic mass is 16.3. The molecule has 0 aromatic heterocycles. The number of hydrogen-bond acceptors (Lipinski definition) is 2. The Morgan fingerprint density at radius 1 is 0.727 bits per heavy atom. The Hall–Kier alpha value is -0.600. The van der Waals surface area contributed by atoms with Crippen LogP contribution in [0.5, 0.6) is 0 Å². The molecule has 2 nitrogen and oxygen atoms in total. The third-order valence-corrected chi connectivity index (χ3v) is 4.29. The van der Waals surface area contributed by atoms with Gasteiger partial charge in [0.05, 0.1) is 0 Å². The fourth-order valence-electron chi connectivity index (χ4n) is 1.97. The van der Waals surface area contributed by atoms with E-state index in [1.54, 1.807) is 0 Å². The first-order chi connectivity index (χ1) is 10.4. The second-order valence-electron chi connectivity index (χ2n) is 6.58. The molecule has 0 amide bonds. The van der Waals surface area contributed by atoms with Gasteiger partial charge in [-0.3, -0.25) is 0 Å². The number of aliphatic hydroxyl groups excluding tert-OH is 2. The number of allylic oxidation sites excluding steroid dienone is 4. The summed E-state index contributed by atoms with van der Waals surface area (Å²) in [6.45, 7) is 13.5. The van der Waals surface area contributed by atoms with Gasteiger partial charge in [0.15, 0.2) is 0 Å². The molecule has 0 rings (SSSR count). The molecule has 0 aromatic rings. The summed E-state index contributed by atoms with van der Waals surface area (Å²) in [4.78, 5) is 0. The van der Waals surface area contributed by atoms with Crippen molar-refractivity contribution in [1.29, 1.82) is 0 Å². The molecule has 0 radical (unpaired) electrons. The minimum atomic E-state index is 0.329. The van der Waals surface area contributed by atoms with Crippen molar-refractivity contribution >= 4 is 0 Å². The van der Waals surface area contributed by atoms with Gasteiger partial charge in [-0.2, -0.15) is 0 Å².